The van der Waals surface area contributed by atoms with Gasteiger partial charge in [0.1, 0.15) is 12.6 Å². The summed E-state index contributed by atoms with van der Waals surface area (Å²) >= 11 is 0. The molecule has 0 radical (unpaired) electrons. The largest absolute Gasteiger partial charge is 0.480 e. The van der Waals surface area contributed by atoms with E-state index >= 15 is 0 Å². The van der Waals surface area contributed by atoms with E-state index < -0.39 is 30.4 Å². The molecule has 0 aromatic heterocycles. The second-order valence-corrected chi connectivity index (χ2v) is 6.23. The zero-order valence-corrected chi connectivity index (χ0v) is 14.1. The molecule has 0 aliphatic carbocycles. The third-order valence-electron chi connectivity index (χ3n) is 3.58. The molecule has 1 rings (SSSR count). The van der Waals surface area contributed by atoms with E-state index in [1.54, 1.807) is 0 Å². The van der Waals surface area contributed by atoms with Crippen molar-refractivity contribution in [3.63, 3.8) is 0 Å². The van der Waals surface area contributed by atoms with E-state index in [9.17, 15) is 19.2 Å². The standard InChI is InChI=1S/C15H26N4O5/c1-9(2)6-11(19-15(24)10-4-3-5-16-10)14(23)18-7-12(20)17-8-13(21)22/h9-11,16H,3-8H2,1-2H3,(H,17,20)(H,18,23)(H,19,24)(H,21,22). The van der Waals surface area contributed by atoms with Crippen molar-refractivity contribution in [1.82, 2.24) is 21.3 Å². The minimum Gasteiger partial charge on any atom is -0.480 e. The lowest BCUT2D eigenvalue weighted by molar-refractivity contribution is -0.138. The first-order valence-corrected chi connectivity index (χ1v) is 8.09. The van der Waals surface area contributed by atoms with Gasteiger partial charge in [-0.3, -0.25) is 19.2 Å². The van der Waals surface area contributed by atoms with E-state index in [4.69, 9.17) is 5.11 Å². The number of aliphatic carboxylic acids is 1. The van der Waals surface area contributed by atoms with Crippen molar-refractivity contribution in [3.05, 3.63) is 0 Å². The summed E-state index contributed by atoms with van der Waals surface area (Å²) in [6.45, 7) is 3.80. The summed E-state index contributed by atoms with van der Waals surface area (Å²) in [5.74, 6) is -2.26. The molecule has 1 aliphatic heterocycles. The first kappa shape index (κ1) is 19.9. The summed E-state index contributed by atoms with van der Waals surface area (Å²) in [5.41, 5.74) is 0. The average Bonchev–Trinajstić information content (AvgIpc) is 3.03. The fourth-order valence-electron chi connectivity index (χ4n) is 2.41. The topological polar surface area (TPSA) is 137 Å². The van der Waals surface area contributed by atoms with Gasteiger partial charge < -0.3 is 26.4 Å². The second kappa shape index (κ2) is 9.86. The van der Waals surface area contributed by atoms with Gasteiger partial charge in [-0.1, -0.05) is 13.8 Å². The Morgan fingerprint density at radius 1 is 1.17 bits per heavy atom. The highest BCUT2D eigenvalue weighted by molar-refractivity contribution is 5.92. The summed E-state index contributed by atoms with van der Waals surface area (Å²) in [4.78, 5) is 46.2. The van der Waals surface area contributed by atoms with Crippen molar-refractivity contribution >= 4 is 23.7 Å². The molecule has 0 spiro atoms. The molecule has 2 atom stereocenters. The molecule has 1 fully saturated rings. The Labute approximate surface area is 140 Å². The summed E-state index contributed by atoms with van der Waals surface area (Å²) in [6.07, 6.45) is 2.10. The Bertz CT molecular complexity index is 474. The number of hydrogen-bond acceptors (Lipinski definition) is 5. The molecular formula is C15H26N4O5. The van der Waals surface area contributed by atoms with Crippen LogP contribution in [0.15, 0.2) is 0 Å². The van der Waals surface area contributed by atoms with Crippen LogP contribution in [0.2, 0.25) is 0 Å². The zero-order chi connectivity index (χ0) is 18.1. The van der Waals surface area contributed by atoms with E-state index in [0.717, 1.165) is 19.4 Å². The maximum Gasteiger partial charge on any atom is 0.322 e. The number of nitrogens with one attached hydrogen (secondary N) is 4. The van der Waals surface area contributed by atoms with Crippen molar-refractivity contribution in [2.24, 2.45) is 5.92 Å². The number of hydrogen-bond donors (Lipinski definition) is 5. The molecule has 0 bridgehead atoms. The highest BCUT2D eigenvalue weighted by Crippen LogP contribution is 2.08. The van der Waals surface area contributed by atoms with Crippen molar-refractivity contribution in [3.8, 4) is 0 Å². The molecule has 0 saturated carbocycles. The number of amides is 3. The predicted molar refractivity (Wildman–Crippen MR) is 86.1 cm³/mol. The van der Waals surface area contributed by atoms with Crippen LogP contribution in [0.4, 0.5) is 0 Å². The molecule has 1 saturated heterocycles. The van der Waals surface area contributed by atoms with Gasteiger partial charge in [0.25, 0.3) is 0 Å². The van der Waals surface area contributed by atoms with Crippen LogP contribution in [0.5, 0.6) is 0 Å². The van der Waals surface area contributed by atoms with Crippen LogP contribution in [-0.2, 0) is 19.2 Å². The van der Waals surface area contributed by atoms with Gasteiger partial charge in [0.15, 0.2) is 0 Å². The first-order valence-electron chi connectivity index (χ1n) is 8.09. The van der Waals surface area contributed by atoms with Crippen molar-refractivity contribution < 1.29 is 24.3 Å². The molecule has 0 aromatic rings. The monoisotopic (exact) mass is 342 g/mol. The molecule has 1 heterocycles. The number of carbonyl (C=O) groups excluding carboxylic acids is 3. The van der Waals surface area contributed by atoms with Gasteiger partial charge in [-0.25, -0.2) is 0 Å². The minimum absolute atomic E-state index is 0.179. The van der Waals surface area contributed by atoms with Gasteiger partial charge in [-0.2, -0.15) is 0 Å². The molecular weight excluding hydrogens is 316 g/mol. The van der Waals surface area contributed by atoms with Crippen LogP contribution >= 0.6 is 0 Å². The van der Waals surface area contributed by atoms with Crippen LogP contribution in [0, 0.1) is 5.92 Å². The normalized spacial score (nSPS) is 18.0. The van der Waals surface area contributed by atoms with Gasteiger partial charge >= 0.3 is 5.97 Å². The quantitative estimate of drug-likeness (QED) is 0.349. The van der Waals surface area contributed by atoms with Gasteiger partial charge in [0.05, 0.1) is 12.6 Å². The second-order valence-electron chi connectivity index (χ2n) is 6.23. The van der Waals surface area contributed by atoms with Crippen LogP contribution < -0.4 is 21.3 Å². The lowest BCUT2D eigenvalue weighted by Gasteiger charge is -2.22. The van der Waals surface area contributed by atoms with E-state index in [2.05, 4.69) is 21.3 Å². The number of carboxylic acid groups (broad SMARTS) is 1. The first-order chi connectivity index (χ1) is 11.3. The van der Waals surface area contributed by atoms with Crippen LogP contribution in [0.1, 0.15) is 33.1 Å². The molecule has 136 valence electrons. The summed E-state index contributed by atoms with van der Waals surface area (Å²) in [7, 11) is 0. The van der Waals surface area contributed by atoms with Crippen molar-refractivity contribution in [2.75, 3.05) is 19.6 Å². The minimum atomic E-state index is -1.16. The Balaban J connectivity index is 2.49. The average molecular weight is 342 g/mol. The molecule has 2 unspecified atom stereocenters. The smallest absolute Gasteiger partial charge is 0.322 e. The summed E-state index contributed by atoms with van der Waals surface area (Å²) in [6, 6.07) is -1.02. The van der Waals surface area contributed by atoms with Crippen LogP contribution in [-0.4, -0.2) is 60.5 Å². The predicted octanol–water partition coefficient (Wildman–Crippen LogP) is -1.41. The van der Waals surface area contributed by atoms with Crippen molar-refractivity contribution in [2.45, 2.75) is 45.2 Å². The molecule has 3 amide bonds. The van der Waals surface area contributed by atoms with Crippen LogP contribution in [0.25, 0.3) is 0 Å². The van der Waals surface area contributed by atoms with Crippen molar-refractivity contribution in [1.29, 1.82) is 0 Å². The Morgan fingerprint density at radius 3 is 2.42 bits per heavy atom. The highest BCUT2D eigenvalue weighted by atomic mass is 16.4. The van der Waals surface area contributed by atoms with Gasteiger partial charge in [-0.05, 0) is 31.7 Å². The highest BCUT2D eigenvalue weighted by Gasteiger charge is 2.27. The lowest BCUT2D eigenvalue weighted by Crippen LogP contribution is -2.53. The Morgan fingerprint density at radius 2 is 1.88 bits per heavy atom. The van der Waals surface area contributed by atoms with Crippen LogP contribution in [0.3, 0.4) is 0 Å². The Hall–Kier alpha value is -2.16. The SMILES string of the molecule is CC(C)CC(NC(=O)C1CCCN1)C(=O)NCC(=O)NCC(=O)O. The fraction of sp³-hybridized carbons (Fsp3) is 0.733. The number of carbonyl (C=O) groups is 4. The fourth-order valence-corrected chi connectivity index (χ4v) is 2.41. The molecule has 9 heteroatoms. The molecule has 1 aliphatic rings. The third kappa shape index (κ3) is 7.40. The maximum atomic E-state index is 12.2. The van der Waals surface area contributed by atoms with E-state index in [1.807, 2.05) is 13.8 Å². The molecule has 0 aromatic carbocycles. The third-order valence-corrected chi connectivity index (χ3v) is 3.58. The number of rotatable bonds is 9. The number of carboxylic acids is 1. The molecule has 9 nitrogen and oxygen atoms in total. The lowest BCUT2D eigenvalue weighted by atomic mass is 10.0. The van der Waals surface area contributed by atoms with E-state index in [1.165, 1.54) is 0 Å². The maximum absolute atomic E-state index is 12.2. The van der Waals surface area contributed by atoms with E-state index in [-0.39, 0.29) is 24.4 Å². The van der Waals surface area contributed by atoms with Gasteiger partial charge in [0, 0.05) is 0 Å². The van der Waals surface area contributed by atoms with Gasteiger partial charge in [0.2, 0.25) is 17.7 Å². The molecule has 24 heavy (non-hydrogen) atoms. The zero-order valence-electron chi connectivity index (χ0n) is 14.1. The summed E-state index contributed by atoms with van der Waals surface area (Å²) in [5, 5.41) is 18.8. The van der Waals surface area contributed by atoms with Gasteiger partial charge in [-0.15, -0.1) is 0 Å². The van der Waals surface area contributed by atoms with E-state index in [0.29, 0.717) is 6.42 Å². The Kier molecular flexibility index (Phi) is 8.17. The molecule has 5 N–H and O–H groups in total. The summed E-state index contributed by atoms with van der Waals surface area (Å²) < 4.78 is 0.